The Morgan fingerprint density at radius 3 is 2.40 bits per heavy atom. The minimum Gasteiger partial charge on any atom is -0.312 e. The van der Waals surface area contributed by atoms with Crippen LogP contribution >= 0.6 is 0 Å². The van der Waals surface area contributed by atoms with Crippen LogP contribution in [0.3, 0.4) is 0 Å². The van der Waals surface area contributed by atoms with E-state index in [0.717, 1.165) is 11.8 Å². The molecule has 0 aliphatic heterocycles. The molecule has 0 aromatic heterocycles. The number of hydrogen-bond donors (Lipinski definition) is 1. The van der Waals surface area contributed by atoms with Crippen LogP contribution in [0, 0.1) is 11.8 Å². The van der Waals surface area contributed by atoms with E-state index in [9.17, 15) is 0 Å². The molecule has 1 fully saturated rings. The molecule has 0 spiro atoms. The summed E-state index contributed by atoms with van der Waals surface area (Å²) >= 11 is 0. The first-order valence-electron chi connectivity index (χ1n) is 6.39. The monoisotopic (exact) mass is 209 g/mol. The highest BCUT2D eigenvalue weighted by molar-refractivity contribution is 4.85. The van der Waals surface area contributed by atoms with E-state index in [4.69, 9.17) is 0 Å². The molecule has 0 bridgehead atoms. The van der Waals surface area contributed by atoms with Crippen molar-refractivity contribution in [2.45, 2.75) is 58.4 Å². The van der Waals surface area contributed by atoms with Gasteiger partial charge in [0.2, 0.25) is 0 Å². The molecule has 1 aliphatic carbocycles. The number of unbranched alkanes of at least 4 members (excludes halogenated alkanes) is 1. The number of allylic oxidation sites excluding steroid dienone is 1. The molecule has 1 rings (SSSR count). The second-order valence-corrected chi connectivity index (χ2v) is 5.95. The fourth-order valence-corrected chi connectivity index (χ4v) is 2.25. The Hall–Kier alpha value is -0.300. The normalized spacial score (nSPS) is 26.1. The van der Waals surface area contributed by atoms with Gasteiger partial charge in [-0.25, -0.2) is 0 Å². The Balaban J connectivity index is 2.12. The van der Waals surface area contributed by atoms with Gasteiger partial charge in [0.25, 0.3) is 0 Å². The first kappa shape index (κ1) is 12.8. The summed E-state index contributed by atoms with van der Waals surface area (Å²) in [7, 11) is 0. The van der Waals surface area contributed by atoms with Crippen molar-refractivity contribution in [3.63, 3.8) is 0 Å². The van der Waals surface area contributed by atoms with Crippen molar-refractivity contribution >= 4 is 0 Å². The van der Waals surface area contributed by atoms with Gasteiger partial charge in [-0.1, -0.05) is 6.08 Å². The second-order valence-electron chi connectivity index (χ2n) is 5.95. The molecule has 88 valence electrons. The summed E-state index contributed by atoms with van der Waals surface area (Å²) in [6.45, 7) is 11.7. The molecule has 1 saturated carbocycles. The standard InChI is InChI=1S/C14H27N/c1-5-6-7-8-12-9-10-13(12)11-15-14(2,3)4/h5,12-13,15H,1,6-11H2,2-4H3. The highest BCUT2D eigenvalue weighted by Gasteiger charge is 2.30. The van der Waals surface area contributed by atoms with Crippen molar-refractivity contribution in [1.82, 2.24) is 5.32 Å². The molecular weight excluding hydrogens is 182 g/mol. The molecule has 1 heteroatoms. The molecule has 0 aromatic carbocycles. The average Bonchev–Trinajstić information content (AvgIpc) is 2.08. The lowest BCUT2D eigenvalue weighted by Gasteiger charge is -2.39. The van der Waals surface area contributed by atoms with Gasteiger partial charge in [0.1, 0.15) is 0 Å². The maximum atomic E-state index is 3.78. The molecule has 0 saturated heterocycles. The summed E-state index contributed by atoms with van der Waals surface area (Å²) in [6, 6.07) is 0. The van der Waals surface area contributed by atoms with Crippen LogP contribution in [0.1, 0.15) is 52.9 Å². The van der Waals surface area contributed by atoms with E-state index < -0.39 is 0 Å². The van der Waals surface area contributed by atoms with E-state index in [1.165, 1.54) is 38.6 Å². The maximum absolute atomic E-state index is 3.78. The summed E-state index contributed by atoms with van der Waals surface area (Å²) < 4.78 is 0. The highest BCUT2D eigenvalue weighted by atomic mass is 14.9. The lowest BCUT2D eigenvalue weighted by molar-refractivity contribution is 0.148. The topological polar surface area (TPSA) is 12.0 Å². The maximum Gasteiger partial charge on any atom is 0.00966 e. The zero-order chi connectivity index (χ0) is 11.3. The summed E-state index contributed by atoms with van der Waals surface area (Å²) in [5.74, 6) is 1.92. The molecule has 0 heterocycles. The predicted octanol–water partition coefficient (Wildman–Crippen LogP) is 3.76. The van der Waals surface area contributed by atoms with Gasteiger partial charge in [-0.05, 0) is 71.3 Å². The molecule has 1 N–H and O–H groups in total. The summed E-state index contributed by atoms with van der Waals surface area (Å²) in [5.41, 5.74) is 0.279. The Morgan fingerprint density at radius 1 is 1.27 bits per heavy atom. The molecule has 1 aliphatic rings. The van der Waals surface area contributed by atoms with Crippen LogP contribution in [0.25, 0.3) is 0 Å². The van der Waals surface area contributed by atoms with Crippen LogP contribution in [0.2, 0.25) is 0 Å². The van der Waals surface area contributed by atoms with Crippen LogP contribution in [0.5, 0.6) is 0 Å². The van der Waals surface area contributed by atoms with Gasteiger partial charge in [0.15, 0.2) is 0 Å². The van der Waals surface area contributed by atoms with Crippen molar-refractivity contribution < 1.29 is 0 Å². The zero-order valence-corrected chi connectivity index (χ0v) is 10.7. The predicted molar refractivity (Wildman–Crippen MR) is 68.0 cm³/mol. The molecule has 0 radical (unpaired) electrons. The van der Waals surface area contributed by atoms with Gasteiger partial charge in [-0.2, -0.15) is 0 Å². The molecular formula is C14H27N. The molecule has 0 aromatic rings. The lowest BCUT2D eigenvalue weighted by Crippen LogP contribution is -2.43. The first-order valence-corrected chi connectivity index (χ1v) is 6.39. The number of nitrogens with one attached hydrogen (secondary N) is 1. The largest absolute Gasteiger partial charge is 0.312 e. The SMILES string of the molecule is C=CCCCC1CCC1CNC(C)(C)C. The van der Waals surface area contributed by atoms with E-state index in [2.05, 4.69) is 32.7 Å². The number of hydrogen-bond acceptors (Lipinski definition) is 1. The quantitative estimate of drug-likeness (QED) is 0.519. The summed E-state index contributed by atoms with van der Waals surface area (Å²) in [5, 5.41) is 3.62. The minimum absolute atomic E-state index is 0.279. The van der Waals surface area contributed by atoms with Gasteiger partial charge in [-0.3, -0.25) is 0 Å². The fourth-order valence-electron chi connectivity index (χ4n) is 2.25. The van der Waals surface area contributed by atoms with Gasteiger partial charge in [-0.15, -0.1) is 6.58 Å². The molecule has 0 amide bonds. The van der Waals surface area contributed by atoms with Crippen molar-refractivity contribution in [3.05, 3.63) is 12.7 Å². The summed E-state index contributed by atoms with van der Waals surface area (Å²) in [4.78, 5) is 0. The van der Waals surface area contributed by atoms with Gasteiger partial charge < -0.3 is 5.32 Å². The Labute approximate surface area is 95.3 Å². The van der Waals surface area contributed by atoms with Crippen molar-refractivity contribution in [3.8, 4) is 0 Å². The Morgan fingerprint density at radius 2 is 1.93 bits per heavy atom. The minimum atomic E-state index is 0.279. The number of rotatable bonds is 6. The van der Waals surface area contributed by atoms with Gasteiger partial charge >= 0.3 is 0 Å². The molecule has 1 nitrogen and oxygen atoms in total. The molecule has 15 heavy (non-hydrogen) atoms. The lowest BCUT2D eigenvalue weighted by atomic mass is 9.71. The Bertz CT molecular complexity index is 190. The van der Waals surface area contributed by atoms with Crippen LogP contribution in [0.4, 0.5) is 0 Å². The van der Waals surface area contributed by atoms with Crippen LogP contribution in [-0.2, 0) is 0 Å². The molecule has 2 unspecified atom stereocenters. The summed E-state index contributed by atoms with van der Waals surface area (Å²) in [6.07, 6.45) is 8.86. The fraction of sp³-hybridized carbons (Fsp3) is 0.857. The Kier molecular flexibility index (Phi) is 4.85. The van der Waals surface area contributed by atoms with Crippen LogP contribution in [0.15, 0.2) is 12.7 Å². The van der Waals surface area contributed by atoms with Crippen LogP contribution in [-0.4, -0.2) is 12.1 Å². The first-order chi connectivity index (χ1) is 7.03. The highest BCUT2D eigenvalue weighted by Crippen LogP contribution is 2.37. The van der Waals surface area contributed by atoms with Crippen molar-refractivity contribution in [2.24, 2.45) is 11.8 Å². The molecule has 2 atom stereocenters. The van der Waals surface area contributed by atoms with Crippen LogP contribution < -0.4 is 5.32 Å². The van der Waals surface area contributed by atoms with E-state index in [-0.39, 0.29) is 5.54 Å². The van der Waals surface area contributed by atoms with Crippen molar-refractivity contribution in [2.75, 3.05) is 6.54 Å². The van der Waals surface area contributed by atoms with E-state index >= 15 is 0 Å². The van der Waals surface area contributed by atoms with Gasteiger partial charge in [0, 0.05) is 5.54 Å². The second kappa shape index (κ2) is 5.69. The van der Waals surface area contributed by atoms with E-state index in [1.807, 2.05) is 6.08 Å². The third kappa shape index (κ3) is 4.83. The van der Waals surface area contributed by atoms with Crippen molar-refractivity contribution in [1.29, 1.82) is 0 Å². The third-order valence-corrected chi connectivity index (χ3v) is 3.45. The third-order valence-electron chi connectivity index (χ3n) is 3.45. The smallest absolute Gasteiger partial charge is 0.00966 e. The van der Waals surface area contributed by atoms with E-state index in [0.29, 0.717) is 0 Å². The van der Waals surface area contributed by atoms with E-state index in [1.54, 1.807) is 0 Å². The zero-order valence-electron chi connectivity index (χ0n) is 10.7. The average molecular weight is 209 g/mol. The van der Waals surface area contributed by atoms with Gasteiger partial charge in [0.05, 0.1) is 0 Å².